The summed E-state index contributed by atoms with van der Waals surface area (Å²) in [5.41, 5.74) is 1.18. The highest BCUT2D eigenvalue weighted by molar-refractivity contribution is 5.99. The molecule has 3 aromatic rings. The number of ether oxygens (including phenoxy) is 2. The average Bonchev–Trinajstić information content (AvgIpc) is 3.07. The molecule has 1 aromatic carbocycles. The van der Waals surface area contributed by atoms with Gasteiger partial charge >= 0.3 is 0 Å². The number of aromatic nitrogens is 2. The molecule has 0 saturated heterocycles. The Bertz CT molecular complexity index is 796. The average molecular weight is 311 g/mol. The van der Waals surface area contributed by atoms with Crippen LogP contribution < -0.4 is 14.8 Å². The zero-order valence-corrected chi connectivity index (χ0v) is 12.7. The summed E-state index contributed by atoms with van der Waals surface area (Å²) in [5.74, 6) is 1.34. The third-order valence-electron chi connectivity index (χ3n) is 3.38. The van der Waals surface area contributed by atoms with Gasteiger partial charge in [0.15, 0.2) is 0 Å². The minimum Gasteiger partial charge on any atom is -0.497 e. The molecule has 0 aliphatic rings. The molecule has 2 aromatic heterocycles. The predicted octanol–water partition coefficient (Wildman–Crippen LogP) is 2.15. The molecule has 0 aliphatic heterocycles. The number of fused-ring (bicyclic) bond motifs is 1. The van der Waals surface area contributed by atoms with E-state index in [1.807, 2.05) is 40.9 Å². The Morgan fingerprint density at radius 3 is 2.74 bits per heavy atom. The summed E-state index contributed by atoms with van der Waals surface area (Å²) in [6, 6.07) is 10.9. The van der Waals surface area contributed by atoms with Crippen LogP contribution in [-0.2, 0) is 0 Å². The van der Waals surface area contributed by atoms with E-state index in [-0.39, 0.29) is 5.91 Å². The number of carbonyl (C=O) groups excluding carboxylic acids is 1. The minimum atomic E-state index is -0.167. The topological polar surface area (TPSA) is 64.9 Å². The Morgan fingerprint density at radius 1 is 1.17 bits per heavy atom. The molecule has 6 heteroatoms. The van der Waals surface area contributed by atoms with Gasteiger partial charge < -0.3 is 19.2 Å². The van der Waals surface area contributed by atoms with Crippen LogP contribution in [0, 0.1) is 0 Å². The number of amides is 1. The maximum absolute atomic E-state index is 12.2. The number of benzene rings is 1. The van der Waals surface area contributed by atoms with Gasteiger partial charge in [-0.1, -0.05) is 0 Å². The van der Waals surface area contributed by atoms with Crippen molar-refractivity contribution in [1.82, 2.24) is 14.7 Å². The van der Waals surface area contributed by atoms with E-state index >= 15 is 0 Å². The Labute approximate surface area is 133 Å². The van der Waals surface area contributed by atoms with Gasteiger partial charge in [-0.25, -0.2) is 4.98 Å². The first-order chi connectivity index (χ1) is 11.3. The fraction of sp³-hybridized carbons (Fsp3) is 0.176. The van der Waals surface area contributed by atoms with Crippen molar-refractivity contribution in [2.45, 2.75) is 0 Å². The van der Waals surface area contributed by atoms with Gasteiger partial charge in [0.2, 0.25) is 0 Å². The van der Waals surface area contributed by atoms with Gasteiger partial charge in [0, 0.05) is 18.6 Å². The molecule has 0 atom stereocenters. The molecule has 0 aliphatic carbocycles. The fourth-order valence-corrected chi connectivity index (χ4v) is 2.23. The van der Waals surface area contributed by atoms with Gasteiger partial charge in [0.05, 0.1) is 19.2 Å². The number of nitrogens with one attached hydrogen (secondary N) is 1. The number of rotatable bonds is 6. The number of pyridine rings is 1. The highest BCUT2D eigenvalue weighted by atomic mass is 16.5. The van der Waals surface area contributed by atoms with Crippen LogP contribution in [0.25, 0.3) is 5.65 Å². The number of imidazole rings is 1. The number of methoxy groups -OCH3 is 1. The number of nitrogens with zero attached hydrogens (tertiary/aromatic N) is 2. The molecular weight excluding hydrogens is 294 g/mol. The molecule has 23 heavy (non-hydrogen) atoms. The lowest BCUT2D eigenvalue weighted by molar-refractivity contribution is 0.0948. The molecule has 2 heterocycles. The molecule has 0 fully saturated rings. The molecule has 6 nitrogen and oxygen atoms in total. The molecule has 0 unspecified atom stereocenters. The summed E-state index contributed by atoms with van der Waals surface area (Å²) >= 11 is 0. The van der Waals surface area contributed by atoms with E-state index in [0.717, 1.165) is 11.5 Å². The first-order valence-electron chi connectivity index (χ1n) is 7.24. The quantitative estimate of drug-likeness (QED) is 0.709. The molecule has 1 N–H and O–H groups in total. The van der Waals surface area contributed by atoms with Crippen molar-refractivity contribution in [3.05, 3.63) is 60.6 Å². The predicted molar refractivity (Wildman–Crippen MR) is 86.0 cm³/mol. The fourth-order valence-electron chi connectivity index (χ4n) is 2.23. The van der Waals surface area contributed by atoms with Gasteiger partial charge in [-0.3, -0.25) is 4.79 Å². The molecular formula is C17H17N3O3. The lowest BCUT2D eigenvalue weighted by Crippen LogP contribution is -2.28. The van der Waals surface area contributed by atoms with Crippen molar-refractivity contribution in [2.75, 3.05) is 20.3 Å². The largest absolute Gasteiger partial charge is 0.497 e. The van der Waals surface area contributed by atoms with Crippen LogP contribution in [0.2, 0.25) is 0 Å². The summed E-state index contributed by atoms with van der Waals surface area (Å²) in [6.45, 7) is 0.794. The molecule has 1 amide bonds. The maximum Gasteiger partial charge on any atom is 0.255 e. The molecule has 3 rings (SSSR count). The molecule has 0 saturated carbocycles. The van der Waals surface area contributed by atoms with Gasteiger partial charge in [-0.2, -0.15) is 0 Å². The Kier molecular flexibility index (Phi) is 4.42. The zero-order valence-electron chi connectivity index (χ0n) is 12.7. The van der Waals surface area contributed by atoms with E-state index in [9.17, 15) is 4.79 Å². The number of hydrogen-bond acceptors (Lipinski definition) is 4. The van der Waals surface area contributed by atoms with E-state index in [2.05, 4.69) is 10.3 Å². The summed E-state index contributed by atoms with van der Waals surface area (Å²) in [5, 5.41) is 2.83. The standard InChI is InChI=1S/C17H17N3O3/c1-22-13-4-6-14(7-5-13)23-12-9-19-17(21)15-3-2-10-20-11-8-18-16(15)20/h2-8,10-11H,9,12H2,1H3,(H,19,21). The van der Waals surface area contributed by atoms with Crippen LogP contribution in [-0.4, -0.2) is 35.6 Å². The second-order valence-corrected chi connectivity index (χ2v) is 4.86. The second-order valence-electron chi connectivity index (χ2n) is 4.86. The van der Waals surface area contributed by atoms with E-state index in [0.29, 0.717) is 24.4 Å². The van der Waals surface area contributed by atoms with Gasteiger partial charge in [0.25, 0.3) is 5.91 Å². The van der Waals surface area contributed by atoms with Crippen LogP contribution >= 0.6 is 0 Å². The Hall–Kier alpha value is -3.02. The van der Waals surface area contributed by atoms with E-state index < -0.39 is 0 Å². The highest BCUT2D eigenvalue weighted by Crippen LogP contribution is 2.16. The Morgan fingerprint density at radius 2 is 1.96 bits per heavy atom. The van der Waals surface area contributed by atoms with Gasteiger partial charge in [0.1, 0.15) is 23.8 Å². The third kappa shape index (κ3) is 3.42. The molecule has 0 spiro atoms. The van der Waals surface area contributed by atoms with Crippen LogP contribution in [0.4, 0.5) is 0 Å². The summed E-state index contributed by atoms with van der Waals surface area (Å²) in [6.07, 6.45) is 5.32. The van der Waals surface area contributed by atoms with E-state index in [1.165, 1.54) is 0 Å². The lowest BCUT2D eigenvalue weighted by atomic mass is 10.2. The number of carbonyl (C=O) groups is 1. The van der Waals surface area contributed by atoms with E-state index in [4.69, 9.17) is 9.47 Å². The second kappa shape index (κ2) is 6.83. The molecule has 0 bridgehead atoms. The van der Waals surface area contributed by atoms with Crippen LogP contribution in [0.3, 0.4) is 0 Å². The summed E-state index contributed by atoms with van der Waals surface area (Å²) < 4.78 is 12.5. The molecule has 0 radical (unpaired) electrons. The smallest absolute Gasteiger partial charge is 0.255 e. The Balaban J connectivity index is 1.52. The van der Waals surface area contributed by atoms with Gasteiger partial charge in [-0.15, -0.1) is 0 Å². The van der Waals surface area contributed by atoms with Crippen molar-refractivity contribution in [3.63, 3.8) is 0 Å². The van der Waals surface area contributed by atoms with Crippen molar-refractivity contribution in [2.24, 2.45) is 0 Å². The van der Waals surface area contributed by atoms with Crippen LogP contribution in [0.15, 0.2) is 55.0 Å². The van der Waals surface area contributed by atoms with Crippen molar-refractivity contribution < 1.29 is 14.3 Å². The lowest BCUT2D eigenvalue weighted by Gasteiger charge is -2.09. The first-order valence-corrected chi connectivity index (χ1v) is 7.24. The highest BCUT2D eigenvalue weighted by Gasteiger charge is 2.10. The van der Waals surface area contributed by atoms with Crippen molar-refractivity contribution >= 4 is 11.6 Å². The minimum absolute atomic E-state index is 0.167. The normalized spacial score (nSPS) is 10.5. The molecule has 118 valence electrons. The first kappa shape index (κ1) is 14.9. The maximum atomic E-state index is 12.2. The van der Waals surface area contributed by atoms with Crippen molar-refractivity contribution in [1.29, 1.82) is 0 Å². The van der Waals surface area contributed by atoms with Gasteiger partial charge in [-0.05, 0) is 36.4 Å². The zero-order chi connectivity index (χ0) is 16.1. The monoisotopic (exact) mass is 311 g/mol. The van der Waals surface area contributed by atoms with Crippen LogP contribution in [0.5, 0.6) is 11.5 Å². The van der Waals surface area contributed by atoms with Crippen molar-refractivity contribution in [3.8, 4) is 11.5 Å². The number of hydrogen-bond donors (Lipinski definition) is 1. The van der Waals surface area contributed by atoms with E-state index in [1.54, 1.807) is 25.6 Å². The third-order valence-corrected chi connectivity index (χ3v) is 3.38. The summed E-state index contributed by atoms with van der Waals surface area (Å²) in [7, 11) is 1.62. The SMILES string of the molecule is COc1ccc(OCCNC(=O)c2cccn3ccnc23)cc1. The van der Waals surface area contributed by atoms with Crippen LogP contribution in [0.1, 0.15) is 10.4 Å². The summed E-state index contributed by atoms with van der Waals surface area (Å²) in [4.78, 5) is 16.4.